The maximum atomic E-state index is 13.2. The average molecular weight is 414 g/mol. The molecule has 0 radical (unpaired) electrons. The van der Waals surface area contributed by atoms with Crippen LogP contribution in [0.1, 0.15) is 26.7 Å². The van der Waals surface area contributed by atoms with Gasteiger partial charge in [-0.1, -0.05) is 37.2 Å². The zero-order valence-corrected chi connectivity index (χ0v) is 17.4. The van der Waals surface area contributed by atoms with Gasteiger partial charge < -0.3 is 4.90 Å². The molecule has 29 heavy (non-hydrogen) atoms. The van der Waals surface area contributed by atoms with Crippen LogP contribution in [-0.2, 0) is 11.3 Å². The van der Waals surface area contributed by atoms with Crippen molar-refractivity contribution in [3.05, 3.63) is 64.7 Å². The molecule has 5 nitrogen and oxygen atoms in total. The average Bonchev–Trinajstić information content (AvgIpc) is 2.73. The maximum Gasteiger partial charge on any atom is 0.262 e. The summed E-state index contributed by atoms with van der Waals surface area (Å²) in [5, 5.41) is 1.13. The van der Waals surface area contributed by atoms with Gasteiger partial charge in [-0.3, -0.25) is 14.2 Å². The lowest BCUT2D eigenvalue weighted by molar-refractivity contribution is -0.116. The van der Waals surface area contributed by atoms with Crippen LogP contribution in [0.2, 0.25) is 0 Å². The number of nitrogens with zero attached hydrogens (tertiary/aromatic N) is 3. The molecule has 152 valence electrons. The summed E-state index contributed by atoms with van der Waals surface area (Å²) in [6, 6.07) is 13.1. The van der Waals surface area contributed by atoms with E-state index < -0.39 is 0 Å². The fourth-order valence-electron chi connectivity index (χ4n) is 3.10. The number of hydrogen-bond donors (Lipinski definition) is 0. The van der Waals surface area contributed by atoms with Gasteiger partial charge >= 0.3 is 0 Å². The van der Waals surface area contributed by atoms with Gasteiger partial charge in [0.2, 0.25) is 5.91 Å². The molecule has 0 unspecified atom stereocenters. The van der Waals surface area contributed by atoms with Gasteiger partial charge in [0.1, 0.15) is 5.82 Å². The number of rotatable bonds is 8. The summed E-state index contributed by atoms with van der Waals surface area (Å²) in [6.07, 6.45) is 1.81. The predicted molar refractivity (Wildman–Crippen MR) is 116 cm³/mol. The molecule has 0 aliphatic rings. The van der Waals surface area contributed by atoms with E-state index >= 15 is 0 Å². The smallest absolute Gasteiger partial charge is 0.262 e. The number of thioether (sulfide) groups is 1. The minimum Gasteiger partial charge on any atom is -0.312 e. The van der Waals surface area contributed by atoms with E-state index in [0.717, 1.165) is 12.8 Å². The number of carbonyl (C=O) groups is 1. The Morgan fingerprint density at radius 3 is 2.55 bits per heavy atom. The van der Waals surface area contributed by atoms with Crippen molar-refractivity contribution in [3.8, 4) is 0 Å². The number of anilines is 1. The minimum absolute atomic E-state index is 0.0788. The van der Waals surface area contributed by atoms with Crippen LogP contribution in [0.4, 0.5) is 10.1 Å². The number of amides is 1. The van der Waals surface area contributed by atoms with Crippen molar-refractivity contribution in [1.29, 1.82) is 0 Å². The van der Waals surface area contributed by atoms with Crippen LogP contribution in [0.25, 0.3) is 10.9 Å². The van der Waals surface area contributed by atoms with Crippen LogP contribution in [0, 0.1) is 5.82 Å². The predicted octanol–water partition coefficient (Wildman–Crippen LogP) is 4.48. The first-order chi connectivity index (χ1) is 14.0. The molecule has 3 aromatic rings. The van der Waals surface area contributed by atoms with E-state index in [9.17, 15) is 14.0 Å². The molecule has 0 aliphatic carbocycles. The van der Waals surface area contributed by atoms with Gasteiger partial charge in [-0.2, -0.15) is 0 Å². The van der Waals surface area contributed by atoms with Crippen molar-refractivity contribution < 1.29 is 9.18 Å². The monoisotopic (exact) mass is 413 g/mol. The molecule has 2 aromatic carbocycles. The molecule has 0 N–H and O–H groups in total. The summed E-state index contributed by atoms with van der Waals surface area (Å²) in [4.78, 5) is 32.0. The second kappa shape index (κ2) is 9.69. The first kappa shape index (κ1) is 21.0. The molecule has 0 atom stereocenters. The van der Waals surface area contributed by atoms with E-state index in [1.165, 1.54) is 23.9 Å². The highest BCUT2D eigenvalue weighted by Gasteiger charge is 2.17. The van der Waals surface area contributed by atoms with Crippen molar-refractivity contribution in [1.82, 2.24) is 9.55 Å². The fourth-order valence-corrected chi connectivity index (χ4v) is 4.00. The van der Waals surface area contributed by atoms with Gasteiger partial charge in [-0.25, -0.2) is 9.37 Å². The Kier molecular flexibility index (Phi) is 7.04. The molecular formula is C22H24FN3O2S. The van der Waals surface area contributed by atoms with Gasteiger partial charge in [-0.05, 0) is 49.7 Å². The van der Waals surface area contributed by atoms with Gasteiger partial charge in [0.25, 0.3) is 5.56 Å². The number of halogens is 1. The normalized spacial score (nSPS) is 11.0. The molecule has 7 heteroatoms. The van der Waals surface area contributed by atoms with Crippen LogP contribution < -0.4 is 10.5 Å². The number of aromatic nitrogens is 2. The molecule has 1 aromatic heterocycles. The van der Waals surface area contributed by atoms with Gasteiger partial charge in [0.05, 0.1) is 16.7 Å². The van der Waals surface area contributed by atoms with Gasteiger partial charge in [0, 0.05) is 18.8 Å². The highest BCUT2D eigenvalue weighted by molar-refractivity contribution is 7.99. The molecule has 0 spiro atoms. The van der Waals surface area contributed by atoms with Crippen molar-refractivity contribution >= 4 is 34.3 Å². The first-order valence-electron chi connectivity index (χ1n) is 9.73. The zero-order valence-electron chi connectivity index (χ0n) is 16.6. The summed E-state index contributed by atoms with van der Waals surface area (Å²) in [5.41, 5.74) is 1.20. The largest absolute Gasteiger partial charge is 0.312 e. The minimum atomic E-state index is -0.341. The van der Waals surface area contributed by atoms with Crippen molar-refractivity contribution in [3.63, 3.8) is 0 Å². The number of benzene rings is 2. The maximum absolute atomic E-state index is 13.2. The van der Waals surface area contributed by atoms with E-state index in [1.54, 1.807) is 27.7 Å². The number of unbranched alkanes of at least 4 members (excludes halogenated alkanes) is 1. The Morgan fingerprint density at radius 1 is 1.14 bits per heavy atom. The Labute approximate surface area is 173 Å². The van der Waals surface area contributed by atoms with Gasteiger partial charge in [0.15, 0.2) is 5.16 Å². The van der Waals surface area contributed by atoms with Crippen LogP contribution in [0.3, 0.4) is 0 Å². The van der Waals surface area contributed by atoms with E-state index in [1.807, 2.05) is 25.1 Å². The molecule has 1 amide bonds. The van der Waals surface area contributed by atoms with Crippen molar-refractivity contribution in [2.75, 3.05) is 17.2 Å². The van der Waals surface area contributed by atoms with E-state index in [4.69, 9.17) is 0 Å². The molecule has 0 saturated carbocycles. The summed E-state index contributed by atoms with van der Waals surface area (Å²) < 4.78 is 14.9. The third kappa shape index (κ3) is 4.85. The zero-order chi connectivity index (χ0) is 20.8. The standard InChI is InChI=1S/C22H24FN3O2S/c1-3-5-14-26-21(28)18-8-6-7-9-19(18)24-22(26)29-15-20(27)25(4-2)17-12-10-16(23)11-13-17/h6-13H,3-5,14-15H2,1-2H3. The molecule has 1 heterocycles. The van der Waals surface area contributed by atoms with Crippen LogP contribution in [0.15, 0.2) is 58.5 Å². The van der Waals surface area contributed by atoms with Gasteiger partial charge in [-0.15, -0.1) is 0 Å². The molecule has 0 saturated heterocycles. The van der Waals surface area contributed by atoms with Crippen molar-refractivity contribution in [2.45, 2.75) is 38.4 Å². The lowest BCUT2D eigenvalue weighted by atomic mass is 10.2. The highest BCUT2D eigenvalue weighted by Crippen LogP contribution is 2.21. The summed E-state index contributed by atoms with van der Waals surface area (Å²) in [6.45, 7) is 4.98. The number of carbonyl (C=O) groups excluding carboxylic acids is 1. The third-order valence-electron chi connectivity index (χ3n) is 4.64. The van der Waals surface area contributed by atoms with E-state index in [-0.39, 0.29) is 23.0 Å². The van der Waals surface area contributed by atoms with Crippen LogP contribution in [0.5, 0.6) is 0 Å². The topological polar surface area (TPSA) is 55.2 Å². The Hall–Kier alpha value is -2.67. The van der Waals surface area contributed by atoms with E-state index in [0.29, 0.717) is 34.8 Å². The van der Waals surface area contributed by atoms with Crippen molar-refractivity contribution in [2.24, 2.45) is 0 Å². The second-order valence-corrected chi connectivity index (χ2v) is 7.57. The highest BCUT2D eigenvalue weighted by atomic mass is 32.2. The van der Waals surface area contributed by atoms with Crippen LogP contribution in [-0.4, -0.2) is 27.8 Å². The number of para-hydroxylation sites is 1. The molecule has 0 fully saturated rings. The Morgan fingerprint density at radius 2 is 1.86 bits per heavy atom. The van der Waals surface area contributed by atoms with E-state index in [2.05, 4.69) is 11.9 Å². The fraction of sp³-hybridized carbons (Fsp3) is 0.318. The SMILES string of the molecule is CCCCn1c(SCC(=O)N(CC)c2ccc(F)cc2)nc2ccccc2c1=O. The first-order valence-corrected chi connectivity index (χ1v) is 10.7. The molecule has 3 rings (SSSR count). The summed E-state index contributed by atoms with van der Waals surface area (Å²) in [7, 11) is 0. The summed E-state index contributed by atoms with van der Waals surface area (Å²) in [5.74, 6) is -0.317. The Bertz CT molecular complexity index is 1050. The number of hydrogen-bond acceptors (Lipinski definition) is 4. The lowest BCUT2D eigenvalue weighted by Crippen LogP contribution is -2.32. The van der Waals surface area contributed by atoms with Crippen LogP contribution >= 0.6 is 11.8 Å². The third-order valence-corrected chi connectivity index (χ3v) is 5.60. The molecule has 0 bridgehead atoms. The second-order valence-electron chi connectivity index (χ2n) is 6.62. The lowest BCUT2D eigenvalue weighted by Gasteiger charge is -2.21. The Balaban J connectivity index is 1.85. The number of fused-ring (bicyclic) bond motifs is 1. The molecular weight excluding hydrogens is 389 g/mol. The quantitative estimate of drug-likeness (QED) is 0.404. The summed E-state index contributed by atoms with van der Waals surface area (Å²) >= 11 is 1.26. The molecule has 0 aliphatic heterocycles.